The Balaban J connectivity index is 1.55. The van der Waals surface area contributed by atoms with Crippen molar-refractivity contribution >= 4 is 11.6 Å². The van der Waals surface area contributed by atoms with Crippen LogP contribution in [0.15, 0.2) is 24.4 Å². The van der Waals surface area contributed by atoms with E-state index in [9.17, 15) is 4.79 Å². The number of likely N-dealkylation sites (tertiary alicyclic amines) is 1. The van der Waals surface area contributed by atoms with Crippen LogP contribution in [0.2, 0.25) is 0 Å². The van der Waals surface area contributed by atoms with Gasteiger partial charge in [0, 0.05) is 25.2 Å². The number of hydrogen-bond donors (Lipinski definition) is 0. The second-order valence-electron chi connectivity index (χ2n) is 6.31. The van der Waals surface area contributed by atoms with Crippen LogP contribution in [0.5, 0.6) is 0 Å². The molecule has 124 valence electrons. The van der Waals surface area contributed by atoms with Crippen LogP contribution in [0.4, 0.5) is 0 Å². The van der Waals surface area contributed by atoms with Crippen LogP contribution in [-0.4, -0.2) is 51.2 Å². The molecule has 0 atom stereocenters. The smallest absolute Gasteiger partial charge is 0.224 e. The van der Waals surface area contributed by atoms with E-state index in [-0.39, 0.29) is 12.0 Å². The van der Waals surface area contributed by atoms with Crippen molar-refractivity contribution in [1.29, 1.82) is 0 Å². The van der Waals surface area contributed by atoms with Crippen LogP contribution in [0, 0.1) is 0 Å². The Bertz CT molecular complexity index is 659. The molecule has 6 heteroatoms. The van der Waals surface area contributed by atoms with Gasteiger partial charge in [-0.3, -0.25) is 9.20 Å². The minimum absolute atomic E-state index is 0.176. The fourth-order valence-corrected chi connectivity index (χ4v) is 3.07. The van der Waals surface area contributed by atoms with E-state index >= 15 is 0 Å². The summed E-state index contributed by atoms with van der Waals surface area (Å²) in [7, 11) is 0. The summed E-state index contributed by atoms with van der Waals surface area (Å²) in [5, 5.41) is 8.57. The first kappa shape index (κ1) is 15.9. The molecular weight excluding hydrogens is 292 g/mol. The molecule has 0 aromatic carbocycles. The number of rotatable bonds is 5. The first-order chi connectivity index (χ1) is 11.1. The molecule has 1 amide bonds. The monoisotopic (exact) mass is 316 g/mol. The number of hydrogen-bond acceptors (Lipinski definition) is 4. The molecule has 1 aliphatic heterocycles. The maximum Gasteiger partial charge on any atom is 0.224 e. The first-order valence-electron chi connectivity index (χ1n) is 8.34. The van der Waals surface area contributed by atoms with E-state index in [1.54, 1.807) is 0 Å². The third-order valence-corrected chi connectivity index (χ3v) is 4.32. The van der Waals surface area contributed by atoms with Crippen LogP contribution < -0.4 is 0 Å². The normalized spacial score (nSPS) is 16.4. The van der Waals surface area contributed by atoms with Crippen LogP contribution >= 0.6 is 0 Å². The van der Waals surface area contributed by atoms with Gasteiger partial charge in [0.15, 0.2) is 5.65 Å². The number of fused-ring (bicyclic) bond motifs is 1. The van der Waals surface area contributed by atoms with Crippen LogP contribution in [-0.2, 0) is 9.53 Å². The van der Waals surface area contributed by atoms with Crippen molar-refractivity contribution in [2.75, 3.05) is 19.7 Å². The average molecular weight is 316 g/mol. The van der Waals surface area contributed by atoms with Crippen molar-refractivity contribution in [1.82, 2.24) is 19.5 Å². The number of nitrogens with zero attached hydrogens (tertiary/aromatic N) is 4. The van der Waals surface area contributed by atoms with Crippen LogP contribution in [0.25, 0.3) is 5.65 Å². The van der Waals surface area contributed by atoms with Crippen molar-refractivity contribution in [3.05, 3.63) is 30.2 Å². The summed E-state index contributed by atoms with van der Waals surface area (Å²) >= 11 is 0. The highest BCUT2D eigenvalue weighted by Crippen LogP contribution is 2.27. The zero-order chi connectivity index (χ0) is 16.2. The van der Waals surface area contributed by atoms with Crippen molar-refractivity contribution in [2.24, 2.45) is 0 Å². The second kappa shape index (κ2) is 7.08. The molecule has 2 aromatic rings. The third-order valence-electron chi connectivity index (χ3n) is 4.32. The highest BCUT2D eigenvalue weighted by molar-refractivity contribution is 5.76. The van der Waals surface area contributed by atoms with E-state index in [0.29, 0.717) is 18.9 Å². The summed E-state index contributed by atoms with van der Waals surface area (Å²) < 4.78 is 7.52. The van der Waals surface area contributed by atoms with Gasteiger partial charge in [0.1, 0.15) is 5.82 Å². The predicted octanol–water partition coefficient (Wildman–Crippen LogP) is 2.25. The molecule has 3 rings (SSSR count). The summed E-state index contributed by atoms with van der Waals surface area (Å²) in [6.07, 6.45) is 4.52. The van der Waals surface area contributed by atoms with E-state index in [1.807, 2.05) is 43.1 Å². The summed E-state index contributed by atoms with van der Waals surface area (Å²) in [6.45, 7) is 6.04. The number of carbonyl (C=O) groups excluding carboxylic acids is 1. The van der Waals surface area contributed by atoms with Gasteiger partial charge in [0.2, 0.25) is 5.91 Å². The molecule has 0 aliphatic carbocycles. The van der Waals surface area contributed by atoms with Gasteiger partial charge in [-0.05, 0) is 38.8 Å². The van der Waals surface area contributed by atoms with Gasteiger partial charge in [-0.2, -0.15) is 0 Å². The Morgan fingerprint density at radius 2 is 2.09 bits per heavy atom. The van der Waals surface area contributed by atoms with Crippen LogP contribution in [0.1, 0.15) is 44.9 Å². The maximum atomic E-state index is 12.2. The third kappa shape index (κ3) is 3.69. The lowest BCUT2D eigenvalue weighted by molar-refractivity contribution is -0.133. The molecule has 0 unspecified atom stereocenters. The highest BCUT2D eigenvalue weighted by atomic mass is 16.5. The van der Waals surface area contributed by atoms with Crippen molar-refractivity contribution in [3.63, 3.8) is 0 Å². The molecule has 0 bridgehead atoms. The molecule has 0 radical (unpaired) electrons. The molecule has 0 spiro atoms. The lowest BCUT2D eigenvalue weighted by Gasteiger charge is -2.31. The molecule has 0 N–H and O–H groups in total. The minimum atomic E-state index is 0.176. The minimum Gasteiger partial charge on any atom is -0.378 e. The fourth-order valence-electron chi connectivity index (χ4n) is 3.07. The van der Waals surface area contributed by atoms with Crippen molar-refractivity contribution in [3.8, 4) is 0 Å². The maximum absolute atomic E-state index is 12.2. The lowest BCUT2D eigenvalue weighted by Crippen LogP contribution is -2.38. The van der Waals surface area contributed by atoms with Gasteiger partial charge in [-0.15, -0.1) is 10.2 Å². The summed E-state index contributed by atoms with van der Waals surface area (Å²) in [5.41, 5.74) is 0.881. The quantitative estimate of drug-likeness (QED) is 0.849. The standard InChI is InChI=1S/C17H24N4O2/c1-13(2)23-12-8-16(22)20-10-6-14(7-11-20)17-19-18-15-5-3-4-9-21(15)17/h3-5,9,13-14H,6-8,10-12H2,1-2H3. The highest BCUT2D eigenvalue weighted by Gasteiger charge is 2.26. The summed E-state index contributed by atoms with van der Waals surface area (Å²) in [4.78, 5) is 14.1. The van der Waals surface area contributed by atoms with E-state index < -0.39 is 0 Å². The summed E-state index contributed by atoms with van der Waals surface area (Å²) in [5.74, 6) is 1.56. The lowest BCUT2D eigenvalue weighted by atomic mass is 9.96. The Kier molecular flexibility index (Phi) is 4.91. The molecule has 6 nitrogen and oxygen atoms in total. The topological polar surface area (TPSA) is 59.7 Å². The number of pyridine rings is 1. The number of piperidine rings is 1. The van der Waals surface area contributed by atoms with E-state index in [2.05, 4.69) is 14.6 Å². The van der Waals surface area contributed by atoms with Crippen molar-refractivity contribution < 1.29 is 9.53 Å². The Morgan fingerprint density at radius 3 is 2.83 bits per heavy atom. The van der Waals surface area contributed by atoms with Gasteiger partial charge >= 0.3 is 0 Å². The predicted molar refractivity (Wildman–Crippen MR) is 87.2 cm³/mol. The average Bonchev–Trinajstić information content (AvgIpc) is 2.98. The molecular formula is C17H24N4O2. The van der Waals surface area contributed by atoms with E-state index in [1.165, 1.54) is 0 Å². The number of ether oxygens (including phenoxy) is 1. The number of amides is 1. The largest absolute Gasteiger partial charge is 0.378 e. The SMILES string of the molecule is CC(C)OCCC(=O)N1CCC(c2nnc3ccccn23)CC1. The van der Waals surface area contributed by atoms with E-state index in [0.717, 1.165) is 37.4 Å². The molecule has 1 aliphatic rings. The van der Waals surface area contributed by atoms with Crippen LogP contribution in [0.3, 0.4) is 0 Å². The van der Waals surface area contributed by atoms with Gasteiger partial charge in [-0.1, -0.05) is 6.07 Å². The van der Waals surface area contributed by atoms with Gasteiger partial charge in [0.05, 0.1) is 19.1 Å². The second-order valence-corrected chi connectivity index (χ2v) is 6.31. The Hall–Kier alpha value is -1.95. The first-order valence-corrected chi connectivity index (χ1v) is 8.34. The molecule has 23 heavy (non-hydrogen) atoms. The zero-order valence-electron chi connectivity index (χ0n) is 13.8. The van der Waals surface area contributed by atoms with Gasteiger partial charge in [-0.25, -0.2) is 0 Å². The molecule has 0 saturated carbocycles. The molecule has 2 aromatic heterocycles. The van der Waals surface area contributed by atoms with Crippen molar-refractivity contribution in [2.45, 2.75) is 45.1 Å². The van der Waals surface area contributed by atoms with Gasteiger partial charge in [0.25, 0.3) is 0 Å². The number of aromatic nitrogens is 3. The molecule has 1 fully saturated rings. The molecule has 1 saturated heterocycles. The Morgan fingerprint density at radius 1 is 1.30 bits per heavy atom. The molecule has 3 heterocycles. The number of carbonyl (C=O) groups is 1. The summed E-state index contributed by atoms with van der Waals surface area (Å²) in [6, 6.07) is 5.92. The van der Waals surface area contributed by atoms with E-state index in [4.69, 9.17) is 4.74 Å². The zero-order valence-corrected chi connectivity index (χ0v) is 13.8. The fraction of sp³-hybridized carbons (Fsp3) is 0.588. The Labute approximate surface area is 136 Å². The van der Waals surface area contributed by atoms with Gasteiger partial charge < -0.3 is 9.64 Å².